The summed E-state index contributed by atoms with van der Waals surface area (Å²) >= 11 is 5.28. The largest absolute Gasteiger partial charge is 0.385 e. The van der Waals surface area contributed by atoms with Gasteiger partial charge in [-0.25, -0.2) is 0 Å². The fraction of sp³-hybridized carbons (Fsp3) is 0.692. The predicted molar refractivity (Wildman–Crippen MR) is 78.7 cm³/mol. The fourth-order valence-electron chi connectivity index (χ4n) is 1.55. The third-order valence-electron chi connectivity index (χ3n) is 2.88. The maximum atomic E-state index is 5.14. The van der Waals surface area contributed by atoms with E-state index in [0.717, 1.165) is 19.6 Å². The Bertz CT molecular complexity index is 338. The van der Waals surface area contributed by atoms with Gasteiger partial charge in [0.2, 0.25) is 0 Å². The summed E-state index contributed by atoms with van der Waals surface area (Å²) in [5.41, 5.74) is 0.277. The highest BCUT2D eigenvalue weighted by molar-refractivity contribution is 9.10. The van der Waals surface area contributed by atoms with Gasteiger partial charge in [-0.1, -0.05) is 13.8 Å². The molecule has 0 fully saturated rings. The first-order valence-corrected chi connectivity index (χ1v) is 7.58. The number of hydrogen-bond donors (Lipinski definition) is 1. The highest BCUT2D eigenvalue weighted by atomic mass is 79.9. The van der Waals surface area contributed by atoms with Crippen molar-refractivity contribution < 1.29 is 4.74 Å². The second-order valence-corrected chi connectivity index (χ2v) is 7.04. The van der Waals surface area contributed by atoms with Crippen LogP contribution >= 0.6 is 27.3 Å². The van der Waals surface area contributed by atoms with Crippen LogP contribution in [0.15, 0.2) is 15.9 Å². The zero-order chi connectivity index (χ0) is 12.9. The third-order valence-corrected chi connectivity index (χ3v) is 4.76. The number of ether oxygens (including phenoxy) is 1. The van der Waals surface area contributed by atoms with Gasteiger partial charge in [-0.05, 0) is 40.8 Å². The summed E-state index contributed by atoms with van der Waals surface area (Å²) in [7, 11) is 1.76. The number of hydrogen-bond acceptors (Lipinski definition) is 3. The van der Waals surface area contributed by atoms with Gasteiger partial charge >= 0.3 is 0 Å². The number of nitrogens with one attached hydrogen (secondary N) is 1. The third kappa shape index (κ3) is 5.51. The van der Waals surface area contributed by atoms with Gasteiger partial charge in [0.05, 0.1) is 0 Å². The van der Waals surface area contributed by atoms with E-state index in [9.17, 15) is 0 Å². The van der Waals surface area contributed by atoms with E-state index < -0.39 is 0 Å². The van der Waals surface area contributed by atoms with E-state index in [4.69, 9.17) is 4.74 Å². The molecule has 0 amide bonds. The zero-order valence-electron chi connectivity index (χ0n) is 11.0. The Morgan fingerprint density at radius 1 is 1.53 bits per heavy atom. The lowest BCUT2D eigenvalue weighted by molar-refractivity contribution is 0.149. The minimum atomic E-state index is 0.277. The van der Waals surface area contributed by atoms with Crippen LogP contribution in [0.5, 0.6) is 0 Å². The van der Waals surface area contributed by atoms with E-state index in [1.807, 2.05) is 0 Å². The molecule has 1 aromatic heterocycles. The van der Waals surface area contributed by atoms with Gasteiger partial charge in [0.15, 0.2) is 0 Å². The number of halogens is 1. The molecule has 0 radical (unpaired) electrons. The Balaban J connectivity index is 2.39. The Hall–Kier alpha value is 0.1000. The molecule has 1 unspecified atom stereocenters. The van der Waals surface area contributed by atoms with Crippen molar-refractivity contribution in [2.75, 3.05) is 20.3 Å². The molecule has 17 heavy (non-hydrogen) atoms. The van der Waals surface area contributed by atoms with Crippen LogP contribution in [0.4, 0.5) is 0 Å². The van der Waals surface area contributed by atoms with Gasteiger partial charge in [0.25, 0.3) is 0 Å². The average Bonchev–Trinajstić information content (AvgIpc) is 2.70. The van der Waals surface area contributed by atoms with Crippen molar-refractivity contribution in [3.8, 4) is 0 Å². The second-order valence-electron chi connectivity index (χ2n) is 5.18. The Labute approximate surface area is 117 Å². The van der Waals surface area contributed by atoms with E-state index in [-0.39, 0.29) is 5.41 Å². The van der Waals surface area contributed by atoms with Gasteiger partial charge in [-0.3, -0.25) is 0 Å². The van der Waals surface area contributed by atoms with Crippen LogP contribution in [-0.2, 0) is 4.74 Å². The summed E-state index contributed by atoms with van der Waals surface area (Å²) in [6, 6.07) is 2.60. The Morgan fingerprint density at radius 2 is 2.24 bits per heavy atom. The maximum absolute atomic E-state index is 5.14. The van der Waals surface area contributed by atoms with Crippen molar-refractivity contribution in [1.29, 1.82) is 0 Å². The molecule has 98 valence electrons. The van der Waals surface area contributed by atoms with Crippen LogP contribution in [0.2, 0.25) is 0 Å². The molecule has 1 heterocycles. The Kier molecular flexibility index (Phi) is 6.13. The molecule has 1 atom stereocenters. The van der Waals surface area contributed by atoms with Gasteiger partial charge in [0.1, 0.15) is 0 Å². The van der Waals surface area contributed by atoms with E-state index in [0.29, 0.717) is 6.04 Å². The van der Waals surface area contributed by atoms with Crippen LogP contribution < -0.4 is 5.32 Å². The van der Waals surface area contributed by atoms with Gasteiger partial charge in [0, 0.05) is 41.0 Å². The number of methoxy groups -OCH3 is 1. The van der Waals surface area contributed by atoms with Crippen molar-refractivity contribution in [2.24, 2.45) is 5.41 Å². The highest BCUT2D eigenvalue weighted by Gasteiger charge is 2.19. The molecule has 0 spiro atoms. The predicted octanol–water partition coefficient (Wildman–Crippen LogP) is 4.22. The van der Waals surface area contributed by atoms with Gasteiger partial charge < -0.3 is 10.1 Å². The molecular formula is C13H22BrNOS. The van der Waals surface area contributed by atoms with Crippen LogP contribution in [-0.4, -0.2) is 20.3 Å². The average molecular weight is 320 g/mol. The summed E-state index contributed by atoms with van der Waals surface area (Å²) in [5, 5.41) is 5.72. The first-order chi connectivity index (χ1) is 7.94. The lowest BCUT2D eigenvalue weighted by Gasteiger charge is -2.26. The second kappa shape index (κ2) is 6.88. The number of thiophene rings is 1. The van der Waals surface area contributed by atoms with Crippen LogP contribution in [0.25, 0.3) is 0 Å². The molecule has 0 saturated heterocycles. The van der Waals surface area contributed by atoms with Gasteiger partial charge in [-0.2, -0.15) is 0 Å². The zero-order valence-corrected chi connectivity index (χ0v) is 13.5. The fourth-order valence-corrected chi connectivity index (χ4v) is 3.03. The summed E-state index contributed by atoms with van der Waals surface area (Å²) in [5.74, 6) is 0. The topological polar surface area (TPSA) is 21.3 Å². The summed E-state index contributed by atoms with van der Waals surface area (Å²) < 4.78 is 6.31. The lowest BCUT2D eigenvalue weighted by Crippen LogP contribution is -2.31. The number of rotatable bonds is 7. The summed E-state index contributed by atoms with van der Waals surface area (Å²) in [6.07, 6.45) is 1.08. The maximum Gasteiger partial charge on any atom is 0.0467 e. The van der Waals surface area contributed by atoms with Crippen molar-refractivity contribution in [2.45, 2.75) is 33.2 Å². The molecule has 1 aromatic rings. The molecule has 1 rings (SSSR count). The molecule has 1 N–H and O–H groups in total. The molecule has 0 aliphatic rings. The van der Waals surface area contributed by atoms with Crippen molar-refractivity contribution >= 4 is 27.3 Å². The highest BCUT2D eigenvalue weighted by Crippen LogP contribution is 2.26. The summed E-state index contributed by atoms with van der Waals surface area (Å²) in [6.45, 7) is 8.59. The van der Waals surface area contributed by atoms with Crippen molar-refractivity contribution in [3.05, 3.63) is 20.8 Å². The Morgan fingerprint density at radius 3 is 2.76 bits per heavy atom. The minimum Gasteiger partial charge on any atom is -0.385 e. The standard InChI is InChI=1S/C13H22BrNOS/c1-10(12-7-11(14)8-17-12)15-9-13(2,3)5-6-16-4/h7-8,10,15H,5-6,9H2,1-4H3. The monoisotopic (exact) mass is 319 g/mol. The smallest absolute Gasteiger partial charge is 0.0467 e. The molecule has 2 nitrogen and oxygen atoms in total. The SMILES string of the molecule is COCCC(C)(C)CNC(C)c1cc(Br)cs1. The lowest BCUT2D eigenvalue weighted by atomic mass is 9.89. The molecule has 0 aromatic carbocycles. The minimum absolute atomic E-state index is 0.277. The first-order valence-electron chi connectivity index (χ1n) is 5.91. The molecule has 0 bridgehead atoms. The normalized spacial score (nSPS) is 13.9. The van der Waals surface area contributed by atoms with Crippen LogP contribution in [0, 0.1) is 5.41 Å². The van der Waals surface area contributed by atoms with Crippen molar-refractivity contribution in [3.63, 3.8) is 0 Å². The molecule has 0 saturated carbocycles. The van der Waals surface area contributed by atoms with E-state index >= 15 is 0 Å². The van der Waals surface area contributed by atoms with Crippen LogP contribution in [0.3, 0.4) is 0 Å². The van der Waals surface area contributed by atoms with E-state index in [1.165, 1.54) is 9.35 Å². The quantitative estimate of drug-likeness (QED) is 0.812. The molecule has 4 heteroatoms. The molecule has 0 aliphatic heterocycles. The van der Waals surface area contributed by atoms with Crippen LogP contribution in [0.1, 0.15) is 38.1 Å². The van der Waals surface area contributed by atoms with Crippen molar-refractivity contribution in [1.82, 2.24) is 5.32 Å². The van der Waals surface area contributed by atoms with E-state index in [1.54, 1.807) is 18.4 Å². The molecule has 0 aliphatic carbocycles. The first kappa shape index (κ1) is 15.2. The van der Waals surface area contributed by atoms with Gasteiger partial charge in [-0.15, -0.1) is 11.3 Å². The summed E-state index contributed by atoms with van der Waals surface area (Å²) in [4.78, 5) is 1.37. The molecular weight excluding hydrogens is 298 g/mol. The van der Waals surface area contributed by atoms with E-state index in [2.05, 4.69) is 53.5 Å².